The Hall–Kier alpha value is -0.580. The van der Waals surface area contributed by atoms with Gasteiger partial charge in [0.15, 0.2) is 0 Å². The van der Waals surface area contributed by atoms with Crippen molar-refractivity contribution in [3.8, 4) is 0 Å². The van der Waals surface area contributed by atoms with Gasteiger partial charge in [0.05, 0.1) is 0 Å². The van der Waals surface area contributed by atoms with Crippen LogP contribution in [0.5, 0.6) is 0 Å². The predicted molar refractivity (Wildman–Crippen MR) is 43.4 cm³/mol. The molecule has 0 bridgehead atoms. The van der Waals surface area contributed by atoms with Gasteiger partial charge in [0.2, 0.25) is 0 Å². The first-order valence-corrected chi connectivity index (χ1v) is 3.28. The molecule has 5 heteroatoms. The van der Waals surface area contributed by atoms with Crippen LogP contribution in [0.2, 0.25) is 0 Å². The van der Waals surface area contributed by atoms with E-state index in [-0.39, 0.29) is 44.2 Å². The largest absolute Gasteiger partial charge is 1.00 e. The van der Waals surface area contributed by atoms with Crippen molar-refractivity contribution < 1.29 is 50.0 Å². The van der Waals surface area contributed by atoms with Gasteiger partial charge in [0, 0.05) is 0 Å². The SMILES string of the molecule is C=CCOC(=O)C(=O)OCC=C.[H-].[Na+]. The van der Waals surface area contributed by atoms with Gasteiger partial charge in [0.25, 0.3) is 0 Å². The Morgan fingerprint density at radius 3 is 1.62 bits per heavy atom. The number of esters is 2. The van der Waals surface area contributed by atoms with E-state index in [1.165, 1.54) is 12.2 Å². The van der Waals surface area contributed by atoms with E-state index >= 15 is 0 Å². The standard InChI is InChI=1S/C8H10O4.Na.H/c1-3-5-11-7(9)8(10)12-6-4-2;;/h3-4H,1-2,5-6H2;;/q;+1;-1. The van der Waals surface area contributed by atoms with Gasteiger partial charge >= 0.3 is 41.5 Å². The smallest absolute Gasteiger partial charge is 1.00 e. The molecule has 0 spiro atoms. The zero-order chi connectivity index (χ0) is 9.40. The van der Waals surface area contributed by atoms with Crippen LogP contribution in [0.15, 0.2) is 25.3 Å². The fourth-order valence-corrected chi connectivity index (χ4v) is 0.387. The zero-order valence-corrected chi connectivity index (χ0v) is 9.62. The Kier molecular flexibility index (Phi) is 10.9. The quantitative estimate of drug-likeness (QED) is 0.216. The van der Waals surface area contributed by atoms with E-state index in [2.05, 4.69) is 22.6 Å². The van der Waals surface area contributed by atoms with E-state index < -0.39 is 11.9 Å². The number of rotatable bonds is 4. The molecule has 0 radical (unpaired) electrons. The van der Waals surface area contributed by atoms with Gasteiger partial charge in [-0.1, -0.05) is 25.3 Å². The fraction of sp³-hybridized carbons (Fsp3) is 0.250. The number of ether oxygens (including phenoxy) is 2. The molecule has 0 N–H and O–H groups in total. The molecule has 0 rings (SSSR count). The number of carbonyl (C=O) groups excluding carboxylic acids is 2. The Labute approximate surface area is 100 Å². The van der Waals surface area contributed by atoms with Gasteiger partial charge in [-0.15, -0.1) is 0 Å². The molecular formula is C8H11NaO4. The van der Waals surface area contributed by atoms with Crippen LogP contribution in [-0.2, 0) is 19.1 Å². The fourth-order valence-electron chi connectivity index (χ4n) is 0.387. The van der Waals surface area contributed by atoms with Crippen LogP contribution in [0.1, 0.15) is 1.43 Å². The third kappa shape index (κ3) is 7.77. The van der Waals surface area contributed by atoms with E-state index in [0.29, 0.717) is 0 Å². The van der Waals surface area contributed by atoms with E-state index in [1.54, 1.807) is 0 Å². The van der Waals surface area contributed by atoms with Crippen LogP contribution in [0.4, 0.5) is 0 Å². The molecule has 0 amide bonds. The van der Waals surface area contributed by atoms with E-state index in [9.17, 15) is 9.59 Å². The summed E-state index contributed by atoms with van der Waals surface area (Å²) >= 11 is 0. The molecule has 0 saturated heterocycles. The van der Waals surface area contributed by atoms with Crippen molar-refractivity contribution in [3.63, 3.8) is 0 Å². The minimum atomic E-state index is -1.02. The first-order chi connectivity index (χ1) is 5.72. The first kappa shape index (κ1) is 14.9. The topological polar surface area (TPSA) is 52.6 Å². The number of hydrogen-bond donors (Lipinski definition) is 0. The molecule has 0 aliphatic carbocycles. The van der Waals surface area contributed by atoms with Gasteiger partial charge in [-0.25, -0.2) is 9.59 Å². The van der Waals surface area contributed by atoms with Crippen LogP contribution >= 0.6 is 0 Å². The number of carbonyl (C=O) groups is 2. The van der Waals surface area contributed by atoms with Gasteiger partial charge in [0.1, 0.15) is 13.2 Å². The third-order valence-electron chi connectivity index (χ3n) is 0.831. The molecule has 0 aromatic carbocycles. The normalized spacial score (nSPS) is 7.69. The molecule has 0 aliphatic heterocycles. The van der Waals surface area contributed by atoms with Crippen LogP contribution in [-0.4, -0.2) is 25.2 Å². The van der Waals surface area contributed by atoms with Crippen molar-refractivity contribution in [2.45, 2.75) is 0 Å². The molecule has 68 valence electrons. The van der Waals surface area contributed by atoms with Crippen LogP contribution < -0.4 is 29.6 Å². The average Bonchev–Trinajstić information content (AvgIpc) is 2.10. The van der Waals surface area contributed by atoms with E-state index in [4.69, 9.17) is 0 Å². The summed E-state index contributed by atoms with van der Waals surface area (Å²) in [6.07, 6.45) is 2.72. The van der Waals surface area contributed by atoms with Crippen molar-refractivity contribution in [2.24, 2.45) is 0 Å². The Balaban J connectivity index is -0.000000605. The third-order valence-corrected chi connectivity index (χ3v) is 0.831. The van der Waals surface area contributed by atoms with Crippen molar-refractivity contribution in [1.29, 1.82) is 0 Å². The summed E-state index contributed by atoms with van der Waals surface area (Å²) in [5.74, 6) is -2.03. The predicted octanol–water partition coefficient (Wildman–Crippen LogP) is -2.44. The maximum atomic E-state index is 10.6. The van der Waals surface area contributed by atoms with Gasteiger partial charge in [-0.05, 0) is 0 Å². The summed E-state index contributed by atoms with van der Waals surface area (Å²) in [7, 11) is 0. The van der Waals surface area contributed by atoms with Gasteiger partial charge in [-0.3, -0.25) is 0 Å². The minimum Gasteiger partial charge on any atom is -1.00 e. The zero-order valence-electron chi connectivity index (χ0n) is 8.62. The Morgan fingerprint density at radius 1 is 1.08 bits per heavy atom. The second-order valence-electron chi connectivity index (χ2n) is 1.77. The molecule has 0 aromatic heterocycles. The first-order valence-electron chi connectivity index (χ1n) is 3.28. The molecule has 0 fully saturated rings. The minimum absolute atomic E-state index is 0. The van der Waals surface area contributed by atoms with Crippen LogP contribution in [0.3, 0.4) is 0 Å². The maximum Gasteiger partial charge on any atom is 1.00 e. The maximum absolute atomic E-state index is 10.6. The van der Waals surface area contributed by atoms with Crippen molar-refractivity contribution in [3.05, 3.63) is 25.3 Å². The van der Waals surface area contributed by atoms with Crippen LogP contribution in [0.25, 0.3) is 0 Å². The monoisotopic (exact) mass is 194 g/mol. The van der Waals surface area contributed by atoms with Crippen molar-refractivity contribution in [2.75, 3.05) is 13.2 Å². The van der Waals surface area contributed by atoms with Crippen molar-refractivity contribution in [1.82, 2.24) is 0 Å². The summed E-state index contributed by atoms with van der Waals surface area (Å²) in [5, 5.41) is 0. The molecule has 0 aromatic rings. The van der Waals surface area contributed by atoms with Crippen molar-refractivity contribution >= 4 is 11.9 Å². The molecule has 13 heavy (non-hydrogen) atoms. The summed E-state index contributed by atoms with van der Waals surface area (Å²) in [6, 6.07) is 0. The molecule has 0 unspecified atom stereocenters. The molecule has 0 saturated carbocycles. The second-order valence-corrected chi connectivity index (χ2v) is 1.77. The molecule has 0 atom stereocenters. The number of hydrogen-bond acceptors (Lipinski definition) is 4. The summed E-state index contributed by atoms with van der Waals surface area (Å²) in [5.41, 5.74) is 0. The summed E-state index contributed by atoms with van der Waals surface area (Å²) < 4.78 is 8.77. The molecular weight excluding hydrogens is 183 g/mol. The van der Waals surface area contributed by atoms with Gasteiger partial charge < -0.3 is 10.9 Å². The summed E-state index contributed by atoms with van der Waals surface area (Å²) in [4.78, 5) is 21.3. The van der Waals surface area contributed by atoms with E-state index in [1.807, 2.05) is 0 Å². The van der Waals surface area contributed by atoms with Gasteiger partial charge in [-0.2, -0.15) is 0 Å². The average molecular weight is 194 g/mol. The molecule has 4 nitrogen and oxygen atoms in total. The van der Waals surface area contributed by atoms with E-state index in [0.717, 1.165) is 0 Å². The molecule has 0 heterocycles. The second kappa shape index (κ2) is 9.51. The Bertz CT molecular complexity index is 184. The Morgan fingerprint density at radius 2 is 1.38 bits per heavy atom. The summed E-state index contributed by atoms with van der Waals surface area (Å²) in [6.45, 7) is 6.62. The molecule has 0 aliphatic rings. The van der Waals surface area contributed by atoms with Crippen LogP contribution in [0, 0.1) is 0 Å².